The van der Waals surface area contributed by atoms with Gasteiger partial charge >= 0.3 is 0 Å². The molecule has 0 saturated carbocycles. The van der Waals surface area contributed by atoms with Gasteiger partial charge in [0.15, 0.2) is 0 Å². The van der Waals surface area contributed by atoms with E-state index >= 15 is 0 Å². The van der Waals surface area contributed by atoms with Crippen LogP contribution in [0.3, 0.4) is 0 Å². The van der Waals surface area contributed by atoms with Crippen LogP contribution in [-0.2, 0) is 12.3 Å². The number of hydrogen-bond donors (Lipinski definition) is 0. The predicted octanol–water partition coefficient (Wildman–Crippen LogP) is 2.95. The van der Waals surface area contributed by atoms with E-state index in [0.717, 1.165) is 17.3 Å². The zero-order chi connectivity index (χ0) is 8.81. The van der Waals surface area contributed by atoms with Crippen molar-refractivity contribution in [2.45, 2.75) is 12.3 Å². The lowest BCUT2D eigenvalue weighted by molar-refractivity contribution is 0.482. The number of azide groups is 1. The molecule has 0 bridgehead atoms. The molecule has 0 amide bonds. The van der Waals surface area contributed by atoms with Crippen LogP contribution in [0, 0.1) is 0 Å². The standard InChI is InChI=1S/C7H9N3OS/c1-12-5-7-3-2-6(11-7)4-9-10-8/h2-3H,4-5H2,1H3. The lowest BCUT2D eigenvalue weighted by Gasteiger charge is -1.90. The topological polar surface area (TPSA) is 61.9 Å². The van der Waals surface area contributed by atoms with Crippen LogP contribution in [-0.4, -0.2) is 6.26 Å². The van der Waals surface area contributed by atoms with Crippen molar-refractivity contribution < 1.29 is 4.42 Å². The van der Waals surface area contributed by atoms with Gasteiger partial charge in [0.2, 0.25) is 0 Å². The fraction of sp³-hybridized carbons (Fsp3) is 0.429. The van der Waals surface area contributed by atoms with Gasteiger partial charge in [-0.05, 0) is 23.9 Å². The first-order valence-corrected chi connectivity index (χ1v) is 4.83. The van der Waals surface area contributed by atoms with Gasteiger partial charge in [-0.25, -0.2) is 0 Å². The zero-order valence-electron chi connectivity index (χ0n) is 6.73. The summed E-state index contributed by atoms with van der Waals surface area (Å²) in [6.45, 7) is 0.297. The van der Waals surface area contributed by atoms with Gasteiger partial charge in [-0.15, -0.1) is 0 Å². The van der Waals surface area contributed by atoms with Crippen LogP contribution < -0.4 is 0 Å². The average molecular weight is 183 g/mol. The molecule has 0 aliphatic heterocycles. The second-order valence-electron chi connectivity index (χ2n) is 2.19. The molecule has 0 fully saturated rings. The Hall–Kier alpha value is -1.06. The third-order valence-corrected chi connectivity index (χ3v) is 1.87. The summed E-state index contributed by atoms with van der Waals surface area (Å²) in [4.78, 5) is 2.65. The minimum atomic E-state index is 0.297. The molecule has 0 aliphatic carbocycles. The fourth-order valence-electron chi connectivity index (χ4n) is 0.828. The maximum Gasteiger partial charge on any atom is 0.114 e. The highest BCUT2D eigenvalue weighted by Gasteiger charge is 1.98. The van der Waals surface area contributed by atoms with Crippen LogP contribution in [0.5, 0.6) is 0 Å². The van der Waals surface area contributed by atoms with E-state index < -0.39 is 0 Å². The van der Waals surface area contributed by atoms with Crippen LogP contribution >= 0.6 is 11.8 Å². The van der Waals surface area contributed by atoms with E-state index in [1.165, 1.54) is 0 Å². The van der Waals surface area contributed by atoms with E-state index in [9.17, 15) is 0 Å². The highest BCUT2D eigenvalue weighted by atomic mass is 32.2. The lowest BCUT2D eigenvalue weighted by Crippen LogP contribution is -1.73. The smallest absolute Gasteiger partial charge is 0.114 e. The van der Waals surface area contributed by atoms with Gasteiger partial charge in [0.05, 0.1) is 12.3 Å². The lowest BCUT2D eigenvalue weighted by atomic mass is 10.4. The average Bonchev–Trinajstić information content (AvgIpc) is 2.50. The molecule has 0 spiro atoms. The molecule has 0 N–H and O–H groups in total. The molecule has 1 aromatic rings. The van der Waals surface area contributed by atoms with Crippen molar-refractivity contribution in [1.82, 2.24) is 0 Å². The van der Waals surface area contributed by atoms with Crippen molar-refractivity contribution in [3.63, 3.8) is 0 Å². The van der Waals surface area contributed by atoms with Gasteiger partial charge in [0.1, 0.15) is 11.5 Å². The summed E-state index contributed by atoms with van der Waals surface area (Å²) in [5.41, 5.74) is 8.05. The molecule has 4 nitrogen and oxygen atoms in total. The Labute approximate surface area is 74.6 Å². The Morgan fingerprint density at radius 3 is 3.00 bits per heavy atom. The van der Waals surface area contributed by atoms with Crippen LogP contribution in [0.2, 0.25) is 0 Å². The van der Waals surface area contributed by atoms with Crippen molar-refractivity contribution in [3.8, 4) is 0 Å². The number of rotatable bonds is 4. The number of hydrogen-bond acceptors (Lipinski definition) is 3. The van der Waals surface area contributed by atoms with Gasteiger partial charge in [-0.1, -0.05) is 5.11 Å². The molecule has 64 valence electrons. The van der Waals surface area contributed by atoms with E-state index in [0.29, 0.717) is 6.54 Å². The summed E-state index contributed by atoms with van der Waals surface area (Å²) in [6, 6.07) is 3.74. The van der Waals surface area contributed by atoms with Crippen LogP contribution in [0.15, 0.2) is 21.7 Å². The maximum absolute atomic E-state index is 8.05. The SMILES string of the molecule is CSCc1ccc(CN=[N+]=[N-])o1. The predicted molar refractivity (Wildman–Crippen MR) is 48.8 cm³/mol. The molecule has 0 radical (unpaired) electrons. The van der Waals surface area contributed by atoms with Gasteiger partial charge in [-0.2, -0.15) is 11.8 Å². The van der Waals surface area contributed by atoms with Crippen molar-refractivity contribution in [1.29, 1.82) is 0 Å². The molecular weight excluding hydrogens is 174 g/mol. The number of furan rings is 1. The van der Waals surface area contributed by atoms with Gasteiger partial charge < -0.3 is 4.42 Å². The third kappa shape index (κ3) is 2.53. The van der Waals surface area contributed by atoms with E-state index in [4.69, 9.17) is 9.95 Å². The van der Waals surface area contributed by atoms with Crippen LogP contribution in [0.25, 0.3) is 10.4 Å². The third-order valence-electron chi connectivity index (χ3n) is 1.29. The van der Waals surface area contributed by atoms with E-state index in [2.05, 4.69) is 10.0 Å². The molecular formula is C7H9N3OS. The molecule has 0 aliphatic rings. The summed E-state index contributed by atoms with van der Waals surface area (Å²) < 4.78 is 5.34. The van der Waals surface area contributed by atoms with E-state index in [-0.39, 0.29) is 0 Å². The molecule has 0 unspecified atom stereocenters. The molecule has 0 saturated heterocycles. The maximum atomic E-state index is 8.05. The molecule has 1 rings (SSSR count). The minimum absolute atomic E-state index is 0.297. The first-order chi connectivity index (χ1) is 5.86. The fourth-order valence-corrected chi connectivity index (χ4v) is 1.27. The highest BCUT2D eigenvalue weighted by molar-refractivity contribution is 7.97. The summed E-state index contributed by atoms with van der Waals surface area (Å²) in [5, 5.41) is 3.40. The van der Waals surface area contributed by atoms with Crippen molar-refractivity contribution in [3.05, 3.63) is 34.1 Å². The van der Waals surface area contributed by atoms with Gasteiger partial charge in [0.25, 0.3) is 0 Å². The Morgan fingerprint density at radius 2 is 2.33 bits per heavy atom. The van der Waals surface area contributed by atoms with Crippen molar-refractivity contribution in [2.24, 2.45) is 5.11 Å². The minimum Gasteiger partial charge on any atom is -0.465 e. The van der Waals surface area contributed by atoms with E-state index in [1.807, 2.05) is 18.4 Å². The monoisotopic (exact) mass is 183 g/mol. The summed E-state index contributed by atoms with van der Waals surface area (Å²) in [7, 11) is 0. The quantitative estimate of drug-likeness (QED) is 0.409. The number of thioether (sulfide) groups is 1. The molecule has 1 aromatic heterocycles. The zero-order valence-corrected chi connectivity index (χ0v) is 7.54. The Morgan fingerprint density at radius 1 is 1.58 bits per heavy atom. The van der Waals surface area contributed by atoms with Gasteiger partial charge in [-0.3, -0.25) is 0 Å². The Bertz CT molecular complexity index is 291. The summed E-state index contributed by atoms with van der Waals surface area (Å²) in [6.07, 6.45) is 2.01. The molecule has 12 heavy (non-hydrogen) atoms. The second kappa shape index (κ2) is 4.74. The molecule has 5 heteroatoms. The summed E-state index contributed by atoms with van der Waals surface area (Å²) in [5.74, 6) is 2.50. The number of nitrogens with zero attached hydrogens (tertiary/aromatic N) is 3. The first kappa shape index (κ1) is 9.03. The van der Waals surface area contributed by atoms with Crippen molar-refractivity contribution in [2.75, 3.05) is 6.26 Å². The van der Waals surface area contributed by atoms with Crippen LogP contribution in [0.4, 0.5) is 0 Å². The van der Waals surface area contributed by atoms with Crippen LogP contribution in [0.1, 0.15) is 11.5 Å². The largest absolute Gasteiger partial charge is 0.465 e. The van der Waals surface area contributed by atoms with E-state index in [1.54, 1.807) is 11.8 Å². The highest BCUT2D eigenvalue weighted by Crippen LogP contribution is 2.13. The molecule has 1 heterocycles. The van der Waals surface area contributed by atoms with Gasteiger partial charge in [0, 0.05) is 4.91 Å². The normalized spacial score (nSPS) is 9.42. The Kier molecular flexibility index (Phi) is 3.57. The molecule has 0 atom stereocenters. The summed E-state index contributed by atoms with van der Waals surface area (Å²) >= 11 is 1.69. The second-order valence-corrected chi connectivity index (χ2v) is 3.06. The first-order valence-electron chi connectivity index (χ1n) is 3.44. The van der Waals surface area contributed by atoms with Crippen molar-refractivity contribution >= 4 is 11.8 Å². The molecule has 0 aromatic carbocycles. The Balaban J connectivity index is 2.57.